The van der Waals surface area contributed by atoms with Crippen molar-refractivity contribution in [3.05, 3.63) is 29.3 Å². The highest BCUT2D eigenvalue weighted by atomic mass is 16.6. The van der Waals surface area contributed by atoms with Crippen LogP contribution in [0.5, 0.6) is 5.75 Å². The van der Waals surface area contributed by atoms with E-state index in [0.29, 0.717) is 0 Å². The van der Waals surface area contributed by atoms with Crippen molar-refractivity contribution in [1.82, 2.24) is 0 Å². The van der Waals surface area contributed by atoms with E-state index in [-0.39, 0.29) is 17.8 Å². The fraction of sp³-hybridized carbons (Fsp3) is 0.538. The lowest BCUT2D eigenvalue weighted by atomic mass is 9.93. The van der Waals surface area contributed by atoms with Gasteiger partial charge in [-0.25, -0.2) is 0 Å². The number of hydrogen-bond donors (Lipinski definition) is 0. The Balaban J connectivity index is 2.05. The van der Waals surface area contributed by atoms with E-state index in [1.807, 2.05) is 0 Å². The summed E-state index contributed by atoms with van der Waals surface area (Å²) in [6.45, 7) is 6.35. The second-order valence-electron chi connectivity index (χ2n) is 4.91. The van der Waals surface area contributed by atoms with E-state index < -0.39 is 0 Å². The van der Waals surface area contributed by atoms with Crippen LogP contribution in [0.1, 0.15) is 38.0 Å². The van der Waals surface area contributed by atoms with E-state index >= 15 is 0 Å². The number of ether oxygens (including phenoxy) is 2. The van der Waals surface area contributed by atoms with Gasteiger partial charge in [-0.2, -0.15) is 0 Å². The van der Waals surface area contributed by atoms with Gasteiger partial charge in [0.15, 0.2) is 0 Å². The highest BCUT2D eigenvalue weighted by molar-refractivity contribution is 5.44. The summed E-state index contributed by atoms with van der Waals surface area (Å²) in [7, 11) is 0. The fourth-order valence-electron chi connectivity index (χ4n) is 2.35. The molecule has 80 valence electrons. The summed E-state index contributed by atoms with van der Waals surface area (Å²) in [4.78, 5) is 0. The third-order valence-corrected chi connectivity index (χ3v) is 3.34. The van der Waals surface area contributed by atoms with Crippen molar-refractivity contribution in [3.63, 3.8) is 0 Å². The zero-order valence-corrected chi connectivity index (χ0v) is 9.41. The fourth-order valence-corrected chi connectivity index (χ4v) is 2.35. The minimum atomic E-state index is -0.175. The molecule has 15 heavy (non-hydrogen) atoms. The van der Waals surface area contributed by atoms with E-state index in [9.17, 15) is 0 Å². The number of benzene rings is 1. The molecule has 2 aliphatic rings. The van der Waals surface area contributed by atoms with Crippen molar-refractivity contribution in [2.75, 3.05) is 0 Å². The maximum atomic E-state index is 5.95. The maximum absolute atomic E-state index is 5.95. The SMILES string of the molecule is CCc1ccc2c(c1)[C@@H]1O[C@@H]1C(C)(C)O2. The lowest BCUT2D eigenvalue weighted by Crippen LogP contribution is -2.37. The van der Waals surface area contributed by atoms with Crippen LogP contribution < -0.4 is 4.74 Å². The summed E-state index contributed by atoms with van der Waals surface area (Å²) in [5.74, 6) is 0.996. The van der Waals surface area contributed by atoms with Crippen LogP contribution in [-0.2, 0) is 11.2 Å². The predicted molar refractivity (Wildman–Crippen MR) is 58.1 cm³/mol. The van der Waals surface area contributed by atoms with Gasteiger partial charge in [-0.15, -0.1) is 0 Å². The smallest absolute Gasteiger partial charge is 0.132 e. The molecule has 2 atom stereocenters. The normalized spacial score (nSPS) is 30.1. The molecule has 2 heteroatoms. The Morgan fingerprint density at radius 1 is 1.33 bits per heavy atom. The first-order chi connectivity index (χ1) is 7.12. The second-order valence-corrected chi connectivity index (χ2v) is 4.91. The number of epoxide rings is 1. The molecule has 0 bridgehead atoms. The largest absolute Gasteiger partial charge is 0.485 e. The topological polar surface area (TPSA) is 21.8 Å². The third-order valence-electron chi connectivity index (χ3n) is 3.34. The molecule has 0 aromatic heterocycles. The van der Waals surface area contributed by atoms with Gasteiger partial charge in [-0.05, 0) is 38.0 Å². The van der Waals surface area contributed by atoms with Crippen LogP contribution >= 0.6 is 0 Å². The van der Waals surface area contributed by atoms with Crippen molar-refractivity contribution in [1.29, 1.82) is 0 Å². The number of rotatable bonds is 1. The molecule has 1 saturated heterocycles. The lowest BCUT2D eigenvalue weighted by molar-refractivity contribution is 0.0725. The van der Waals surface area contributed by atoms with Gasteiger partial charge in [0.25, 0.3) is 0 Å². The van der Waals surface area contributed by atoms with Crippen molar-refractivity contribution in [2.24, 2.45) is 0 Å². The monoisotopic (exact) mass is 204 g/mol. The molecule has 2 heterocycles. The zero-order valence-electron chi connectivity index (χ0n) is 9.41. The van der Waals surface area contributed by atoms with Crippen LogP contribution in [-0.4, -0.2) is 11.7 Å². The minimum Gasteiger partial charge on any atom is -0.485 e. The molecule has 3 rings (SSSR count). The summed E-state index contributed by atoms with van der Waals surface area (Å²) in [6.07, 6.45) is 1.58. The molecule has 0 aliphatic carbocycles. The average molecular weight is 204 g/mol. The molecule has 1 aromatic carbocycles. The molecule has 0 saturated carbocycles. The molecular formula is C13H16O2. The molecule has 0 N–H and O–H groups in total. The van der Waals surface area contributed by atoms with Crippen LogP contribution in [0, 0.1) is 0 Å². The predicted octanol–water partition coefficient (Wildman–Crippen LogP) is 2.86. The molecule has 0 amide bonds. The molecule has 0 unspecified atom stereocenters. The first-order valence-electron chi connectivity index (χ1n) is 5.59. The summed E-state index contributed by atoms with van der Waals surface area (Å²) in [5.41, 5.74) is 2.41. The molecule has 2 nitrogen and oxygen atoms in total. The maximum Gasteiger partial charge on any atom is 0.132 e. The van der Waals surface area contributed by atoms with E-state index in [1.165, 1.54) is 11.1 Å². The molecule has 0 radical (unpaired) electrons. The first kappa shape index (κ1) is 9.22. The molecule has 1 fully saturated rings. The summed E-state index contributed by atoms with van der Waals surface area (Å²) in [6, 6.07) is 6.43. The van der Waals surface area contributed by atoms with Gasteiger partial charge >= 0.3 is 0 Å². The summed E-state index contributed by atoms with van der Waals surface area (Å²) >= 11 is 0. The molecule has 2 aliphatic heterocycles. The molecular weight excluding hydrogens is 188 g/mol. The van der Waals surface area contributed by atoms with Gasteiger partial charge in [0, 0.05) is 5.56 Å². The van der Waals surface area contributed by atoms with Crippen LogP contribution in [0.15, 0.2) is 18.2 Å². The second kappa shape index (κ2) is 2.76. The van der Waals surface area contributed by atoms with Crippen LogP contribution in [0.4, 0.5) is 0 Å². The highest BCUT2D eigenvalue weighted by Crippen LogP contribution is 2.53. The Labute approximate surface area is 90.2 Å². The lowest BCUT2D eigenvalue weighted by Gasteiger charge is -2.29. The van der Waals surface area contributed by atoms with Crippen LogP contribution in [0.3, 0.4) is 0 Å². The van der Waals surface area contributed by atoms with E-state index in [1.54, 1.807) is 0 Å². The van der Waals surface area contributed by atoms with Gasteiger partial charge in [0.05, 0.1) is 0 Å². The Morgan fingerprint density at radius 3 is 2.87 bits per heavy atom. The third kappa shape index (κ3) is 1.28. The highest BCUT2D eigenvalue weighted by Gasteiger charge is 2.56. The molecule has 1 aromatic rings. The van der Waals surface area contributed by atoms with E-state index in [0.717, 1.165) is 12.2 Å². The van der Waals surface area contributed by atoms with Gasteiger partial charge in [-0.3, -0.25) is 0 Å². The minimum absolute atomic E-state index is 0.175. The van der Waals surface area contributed by atoms with Gasteiger partial charge in [-0.1, -0.05) is 13.0 Å². The van der Waals surface area contributed by atoms with E-state index in [2.05, 4.69) is 39.0 Å². The Morgan fingerprint density at radius 2 is 2.13 bits per heavy atom. The average Bonchev–Trinajstić information content (AvgIpc) is 2.97. The Kier molecular flexibility index (Phi) is 1.70. The van der Waals surface area contributed by atoms with Crippen molar-refractivity contribution >= 4 is 0 Å². The van der Waals surface area contributed by atoms with Crippen molar-refractivity contribution in [3.8, 4) is 5.75 Å². The number of aryl methyl sites for hydroxylation is 1. The Hall–Kier alpha value is -1.02. The van der Waals surface area contributed by atoms with Crippen molar-refractivity contribution < 1.29 is 9.47 Å². The van der Waals surface area contributed by atoms with Gasteiger partial charge in [0.2, 0.25) is 0 Å². The van der Waals surface area contributed by atoms with E-state index in [4.69, 9.17) is 9.47 Å². The van der Waals surface area contributed by atoms with Crippen LogP contribution in [0.2, 0.25) is 0 Å². The quantitative estimate of drug-likeness (QED) is 0.656. The molecule has 0 spiro atoms. The summed E-state index contributed by atoms with van der Waals surface area (Å²) in [5, 5.41) is 0. The zero-order chi connectivity index (χ0) is 10.6. The van der Waals surface area contributed by atoms with Gasteiger partial charge in [0.1, 0.15) is 23.6 Å². The van der Waals surface area contributed by atoms with Crippen LogP contribution in [0.25, 0.3) is 0 Å². The van der Waals surface area contributed by atoms with Crippen molar-refractivity contribution in [2.45, 2.75) is 45.0 Å². The number of fused-ring (bicyclic) bond motifs is 3. The number of hydrogen-bond acceptors (Lipinski definition) is 2. The standard InChI is InChI=1S/C13H16O2/c1-4-8-5-6-10-9(7-8)11-12(14-11)13(2,3)15-10/h5-7,11-12H,4H2,1-3H3/t11-,12-/m0/s1. The summed E-state index contributed by atoms with van der Waals surface area (Å²) < 4.78 is 11.6. The Bertz CT molecular complexity index is 409. The van der Waals surface area contributed by atoms with Gasteiger partial charge < -0.3 is 9.47 Å². The first-order valence-corrected chi connectivity index (χ1v) is 5.59.